The topological polar surface area (TPSA) is 131 Å². The summed E-state index contributed by atoms with van der Waals surface area (Å²) in [6, 6.07) is 3.61. The predicted octanol–water partition coefficient (Wildman–Crippen LogP) is 4.44. The van der Waals surface area contributed by atoms with E-state index in [9.17, 15) is 19.2 Å². The van der Waals surface area contributed by atoms with Gasteiger partial charge in [-0.05, 0) is 93.2 Å². The number of nitrogens with zero attached hydrogens (tertiary/aromatic N) is 1. The first-order chi connectivity index (χ1) is 17.2. The predicted molar refractivity (Wildman–Crippen MR) is 149 cm³/mol. The van der Waals surface area contributed by atoms with Crippen molar-refractivity contribution in [3.8, 4) is 0 Å². The number of hydrogen-bond acceptors (Lipinski definition) is 5. The molecule has 0 bridgehead atoms. The number of benzene rings is 1. The Bertz CT molecular complexity index is 1020. The van der Waals surface area contributed by atoms with Gasteiger partial charge in [0, 0.05) is 17.5 Å². The van der Waals surface area contributed by atoms with Gasteiger partial charge in [-0.3, -0.25) is 14.4 Å². The Balaban J connectivity index is 3.76. The fraction of sp³-hybridized carbons (Fsp3) is 0.655. The highest BCUT2D eigenvalue weighted by atomic mass is 16.6. The van der Waals surface area contributed by atoms with E-state index in [1.807, 2.05) is 73.6 Å². The van der Waals surface area contributed by atoms with Gasteiger partial charge in [0.05, 0.1) is 0 Å². The molecule has 0 aromatic heterocycles. The molecule has 4 amide bonds. The lowest BCUT2D eigenvalue weighted by Crippen LogP contribution is -2.60. The van der Waals surface area contributed by atoms with Crippen molar-refractivity contribution in [3.05, 3.63) is 34.9 Å². The molecule has 9 nitrogen and oxygen atoms in total. The van der Waals surface area contributed by atoms with Crippen LogP contribution in [0.3, 0.4) is 0 Å². The van der Waals surface area contributed by atoms with Gasteiger partial charge in [-0.25, -0.2) is 4.79 Å². The van der Waals surface area contributed by atoms with Crippen LogP contribution in [-0.2, 0) is 19.1 Å². The van der Waals surface area contributed by atoms with E-state index in [1.165, 1.54) is 4.90 Å². The van der Waals surface area contributed by atoms with E-state index in [0.29, 0.717) is 12.0 Å². The smallest absolute Gasteiger partial charge is 0.408 e. The minimum Gasteiger partial charge on any atom is -0.444 e. The normalized spacial score (nSPS) is 13.8. The van der Waals surface area contributed by atoms with E-state index in [0.717, 1.165) is 11.1 Å². The highest BCUT2D eigenvalue weighted by Crippen LogP contribution is 2.34. The van der Waals surface area contributed by atoms with E-state index in [4.69, 9.17) is 10.5 Å². The number of amides is 4. The summed E-state index contributed by atoms with van der Waals surface area (Å²) in [5.41, 5.74) is 5.81. The first-order valence-corrected chi connectivity index (χ1v) is 13.2. The minimum absolute atomic E-state index is 0.0375. The molecule has 1 aromatic carbocycles. The number of aryl methyl sites for hydroxylation is 2. The molecule has 0 aliphatic rings. The second-order valence-corrected chi connectivity index (χ2v) is 12.6. The molecule has 0 aliphatic heterocycles. The lowest BCUT2D eigenvalue weighted by molar-refractivity contribution is -0.150. The number of nitrogens with two attached hydrogens (primary N) is 1. The molecular weight excluding hydrogens is 484 g/mol. The van der Waals surface area contributed by atoms with Crippen LogP contribution in [0.4, 0.5) is 4.79 Å². The maximum absolute atomic E-state index is 14.3. The van der Waals surface area contributed by atoms with Crippen LogP contribution in [0.1, 0.15) is 104 Å². The van der Waals surface area contributed by atoms with Gasteiger partial charge in [-0.1, -0.05) is 30.7 Å². The van der Waals surface area contributed by atoms with Gasteiger partial charge in [0.25, 0.3) is 0 Å². The van der Waals surface area contributed by atoms with Gasteiger partial charge < -0.3 is 26.0 Å². The highest BCUT2D eigenvalue weighted by molar-refractivity contribution is 5.93. The number of carbonyl (C=O) groups is 4. The second kappa shape index (κ2) is 12.6. The first kappa shape index (κ1) is 32.9. The largest absolute Gasteiger partial charge is 0.444 e. The standard InChI is InChI=1S/C29H48N4O5/c1-12-29(10,11)33(25(36)21(15-16-22(30)34)31-26(37)38-28(7,8)9)23(24(35)32-27(4,5)6)20-14-13-18(2)17-19(20)3/h13-14,17,21,23H,12,15-16H2,1-11H3,(H2,30,34)(H,31,37)(H,32,35). The van der Waals surface area contributed by atoms with Crippen LogP contribution in [0.5, 0.6) is 0 Å². The van der Waals surface area contributed by atoms with Crippen LogP contribution in [0, 0.1) is 13.8 Å². The van der Waals surface area contributed by atoms with Crippen LogP contribution < -0.4 is 16.4 Å². The van der Waals surface area contributed by atoms with Gasteiger partial charge in [0.15, 0.2) is 0 Å². The quantitative estimate of drug-likeness (QED) is 0.410. The summed E-state index contributed by atoms with van der Waals surface area (Å²) in [4.78, 5) is 54.2. The van der Waals surface area contributed by atoms with Crippen molar-refractivity contribution >= 4 is 23.8 Å². The molecule has 1 aromatic rings. The fourth-order valence-corrected chi connectivity index (χ4v) is 4.08. The Hall–Kier alpha value is -3.10. The first-order valence-electron chi connectivity index (χ1n) is 13.2. The number of rotatable bonds is 10. The van der Waals surface area contributed by atoms with E-state index >= 15 is 0 Å². The summed E-state index contributed by atoms with van der Waals surface area (Å²) in [6.45, 7) is 20.3. The molecule has 2 unspecified atom stereocenters. The molecule has 214 valence electrons. The Labute approximate surface area is 228 Å². The molecule has 0 fully saturated rings. The van der Waals surface area contributed by atoms with Crippen molar-refractivity contribution in [1.82, 2.24) is 15.5 Å². The van der Waals surface area contributed by atoms with Gasteiger partial charge in [0.1, 0.15) is 17.7 Å². The lowest BCUT2D eigenvalue weighted by Gasteiger charge is -2.45. The van der Waals surface area contributed by atoms with Gasteiger partial charge in [0.2, 0.25) is 17.7 Å². The third-order valence-corrected chi connectivity index (χ3v) is 6.15. The maximum atomic E-state index is 14.3. The summed E-state index contributed by atoms with van der Waals surface area (Å²) in [6.07, 6.45) is -0.436. The summed E-state index contributed by atoms with van der Waals surface area (Å²) in [5.74, 6) is -1.45. The molecule has 0 aliphatic carbocycles. The van der Waals surface area contributed by atoms with Crippen molar-refractivity contribution < 1.29 is 23.9 Å². The fourth-order valence-electron chi connectivity index (χ4n) is 4.08. The van der Waals surface area contributed by atoms with E-state index < -0.39 is 46.7 Å². The van der Waals surface area contributed by atoms with Crippen molar-refractivity contribution in [2.75, 3.05) is 0 Å². The molecule has 9 heteroatoms. The molecule has 1 rings (SSSR count). The molecule has 0 saturated carbocycles. The minimum atomic E-state index is -1.14. The van der Waals surface area contributed by atoms with Crippen LogP contribution in [0.15, 0.2) is 18.2 Å². The second-order valence-electron chi connectivity index (χ2n) is 12.6. The zero-order valence-corrected chi connectivity index (χ0v) is 25.1. The number of primary amides is 1. The Morgan fingerprint density at radius 3 is 2.03 bits per heavy atom. The monoisotopic (exact) mass is 532 g/mol. The summed E-state index contributed by atoms with van der Waals surface area (Å²) >= 11 is 0. The molecule has 0 saturated heterocycles. The Morgan fingerprint density at radius 1 is 1.00 bits per heavy atom. The van der Waals surface area contributed by atoms with Crippen LogP contribution >= 0.6 is 0 Å². The zero-order chi connectivity index (χ0) is 29.6. The number of carbonyl (C=O) groups excluding carboxylic acids is 4. The summed E-state index contributed by atoms with van der Waals surface area (Å²) in [5, 5.41) is 5.66. The molecule has 4 N–H and O–H groups in total. The third kappa shape index (κ3) is 9.99. The van der Waals surface area contributed by atoms with Crippen molar-refractivity contribution in [1.29, 1.82) is 0 Å². The molecule has 0 spiro atoms. The van der Waals surface area contributed by atoms with E-state index in [2.05, 4.69) is 10.6 Å². The molecule has 0 radical (unpaired) electrons. The SMILES string of the molecule is CCC(C)(C)N(C(=O)C(CCC(N)=O)NC(=O)OC(C)(C)C)C(C(=O)NC(C)(C)C)c1ccc(C)cc1C. The number of hydrogen-bond donors (Lipinski definition) is 3. The average molecular weight is 533 g/mol. The molecule has 38 heavy (non-hydrogen) atoms. The molecule has 2 atom stereocenters. The van der Waals surface area contributed by atoms with E-state index in [-0.39, 0.29) is 18.7 Å². The van der Waals surface area contributed by atoms with Gasteiger partial charge in [-0.2, -0.15) is 0 Å². The van der Waals surface area contributed by atoms with Crippen molar-refractivity contribution in [2.24, 2.45) is 5.73 Å². The maximum Gasteiger partial charge on any atom is 0.408 e. The van der Waals surface area contributed by atoms with E-state index in [1.54, 1.807) is 20.8 Å². The summed E-state index contributed by atoms with van der Waals surface area (Å²) in [7, 11) is 0. The summed E-state index contributed by atoms with van der Waals surface area (Å²) < 4.78 is 5.39. The highest BCUT2D eigenvalue weighted by Gasteiger charge is 2.44. The van der Waals surface area contributed by atoms with Crippen LogP contribution in [0.25, 0.3) is 0 Å². The Morgan fingerprint density at radius 2 is 1.58 bits per heavy atom. The average Bonchev–Trinajstić information content (AvgIpc) is 2.72. The van der Waals surface area contributed by atoms with Gasteiger partial charge in [-0.15, -0.1) is 0 Å². The van der Waals surface area contributed by atoms with Crippen LogP contribution in [-0.4, -0.2) is 51.4 Å². The van der Waals surface area contributed by atoms with Gasteiger partial charge >= 0.3 is 6.09 Å². The molecular formula is C29H48N4O5. The number of nitrogens with one attached hydrogen (secondary N) is 2. The number of ether oxygens (including phenoxy) is 1. The number of alkyl carbamates (subject to hydrolysis) is 1. The van der Waals surface area contributed by atoms with Crippen LogP contribution in [0.2, 0.25) is 0 Å². The zero-order valence-electron chi connectivity index (χ0n) is 25.1. The van der Waals surface area contributed by atoms with Crippen molar-refractivity contribution in [3.63, 3.8) is 0 Å². The molecule has 0 heterocycles. The van der Waals surface area contributed by atoms with Crippen molar-refractivity contribution in [2.45, 2.75) is 124 Å². The third-order valence-electron chi connectivity index (χ3n) is 6.15. The lowest BCUT2D eigenvalue weighted by atomic mass is 9.89. The Kier molecular flexibility index (Phi) is 10.9.